The predicted octanol–water partition coefficient (Wildman–Crippen LogP) is 3.12. The summed E-state index contributed by atoms with van der Waals surface area (Å²) in [5, 5.41) is 25.7. The molecule has 0 saturated carbocycles. The second-order valence-electron chi connectivity index (χ2n) is 12.3. The van der Waals surface area contributed by atoms with Crippen LogP contribution < -0.4 is 26.7 Å². The summed E-state index contributed by atoms with van der Waals surface area (Å²) in [7, 11) is -0.431. The Morgan fingerprint density at radius 1 is 0.935 bits per heavy atom. The van der Waals surface area contributed by atoms with Gasteiger partial charge < -0.3 is 30.9 Å². The van der Waals surface area contributed by atoms with Gasteiger partial charge in [0.05, 0.1) is 26.2 Å². The number of carbonyl (C=O) groups is 2. The average Bonchev–Trinajstić information content (AvgIpc) is 3.31. The van der Waals surface area contributed by atoms with E-state index in [4.69, 9.17) is 25.7 Å². The normalized spacial score (nSPS) is 17.4. The molecular formula is C35H45N5O5Si. The highest BCUT2D eigenvalue weighted by Gasteiger charge is 2.58. The molecule has 244 valence electrons. The van der Waals surface area contributed by atoms with E-state index in [-0.39, 0.29) is 18.4 Å². The van der Waals surface area contributed by atoms with Gasteiger partial charge in [-0.1, -0.05) is 38.1 Å². The zero-order valence-corrected chi connectivity index (χ0v) is 27.9. The van der Waals surface area contributed by atoms with Crippen molar-refractivity contribution in [1.29, 1.82) is 5.41 Å². The standard InChI is InChI=1S/C35H45N5O5Si/c1-38-26-10-13-29-32(22-26)46(2,3)31-21-25(37)9-12-28(31)35(29)30-20-24(8-11-27(30)34(43)40(35)23-36)33(42)39-14-17-45-19-18-44-16-7-5-4-6-15-41/h8-13,20-23,36,38,41H,4-7,14-19,37H2,1-3H3,(H,39,42)/t35-/m1/s1. The zero-order valence-electron chi connectivity index (χ0n) is 26.9. The summed E-state index contributed by atoms with van der Waals surface area (Å²) in [6, 6.07) is 17.2. The SMILES string of the molecule is CNc1ccc2c(c1)[Si](C)(C)c1cc(N)ccc1[C@]21c2cc(C(=O)NCCOCCOCCCCCCO)ccc2C(=O)N1C=N. The first-order valence-electron chi connectivity index (χ1n) is 16.0. The van der Waals surface area contributed by atoms with Crippen molar-refractivity contribution >= 4 is 48.0 Å². The van der Waals surface area contributed by atoms with Crippen LogP contribution in [0, 0.1) is 5.41 Å². The van der Waals surface area contributed by atoms with E-state index >= 15 is 0 Å². The smallest absolute Gasteiger partial charge is 0.260 e. The molecule has 0 saturated heterocycles. The predicted molar refractivity (Wildman–Crippen MR) is 184 cm³/mol. The lowest BCUT2D eigenvalue weighted by Gasteiger charge is -2.48. The topological polar surface area (TPSA) is 150 Å². The molecule has 0 fully saturated rings. The van der Waals surface area contributed by atoms with E-state index in [9.17, 15) is 9.59 Å². The van der Waals surface area contributed by atoms with Gasteiger partial charge in [-0.15, -0.1) is 0 Å². The van der Waals surface area contributed by atoms with E-state index in [2.05, 4.69) is 35.9 Å². The minimum Gasteiger partial charge on any atom is -0.399 e. The van der Waals surface area contributed by atoms with Crippen LogP contribution in [0.4, 0.5) is 11.4 Å². The van der Waals surface area contributed by atoms with E-state index in [0.29, 0.717) is 55.4 Å². The first kappa shape index (κ1) is 33.3. The molecule has 1 atom stereocenters. The van der Waals surface area contributed by atoms with Gasteiger partial charge in [-0.3, -0.25) is 19.9 Å². The molecule has 6 N–H and O–H groups in total. The molecule has 0 radical (unpaired) electrons. The van der Waals surface area contributed by atoms with Crippen LogP contribution in [0.5, 0.6) is 0 Å². The number of nitrogens with one attached hydrogen (secondary N) is 3. The average molecular weight is 644 g/mol. The summed E-state index contributed by atoms with van der Waals surface area (Å²) < 4.78 is 11.2. The Hall–Kier alpha value is -4.03. The Labute approximate surface area is 271 Å². The molecule has 3 aromatic carbocycles. The highest BCUT2D eigenvalue weighted by atomic mass is 28.3. The summed E-state index contributed by atoms with van der Waals surface area (Å²) in [6.45, 7) is 7.06. The van der Waals surface area contributed by atoms with E-state index in [1.165, 1.54) is 4.90 Å². The maximum Gasteiger partial charge on any atom is 0.260 e. The van der Waals surface area contributed by atoms with Crippen molar-refractivity contribution in [2.75, 3.05) is 57.7 Å². The number of amides is 2. The number of nitrogens with zero attached hydrogens (tertiary/aromatic N) is 1. The monoisotopic (exact) mass is 643 g/mol. The van der Waals surface area contributed by atoms with Crippen LogP contribution in [0.25, 0.3) is 0 Å². The highest BCUT2D eigenvalue weighted by molar-refractivity contribution is 7.01. The van der Waals surface area contributed by atoms with Gasteiger partial charge in [0.2, 0.25) is 0 Å². The number of nitrogen functional groups attached to an aromatic ring is 1. The van der Waals surface area contributed by atoms with Crippen LogP contribution in [-0.2, 0) is 15.0 Å². The Balaban J connectivity index is 1.39. The lowest BCUT2D eigenvalue weighted by molar-refractivity contribution is 0.0467. The van der Waals surface area contributed by atoms with Crippen molar-refractivity contribution in [3.05, 3.63) is 82.4 Å². The molecule has 2 aliphatic heterocycles. The number of rotatable bonds is 15. The number of aliphatic hydroxyl groups excluding tert-OH is 1. The Morgan fingerprint density at radius 2 is 1.63 bits per heavy atom. The minimum atomic E-state index is -2.31. The van der Waals surface area contributed by atoms with E-state index in [1.54, 1.807) is 18.2 Å². The largest absolute Gasteiger partial charge is 0.399 e. The number of nitrogens with two attached hydrogens (primary N) is 1. The summed E-state index contributed by atoms with van der Waals surface area (Å²) in [5.74, 6) is -0.555. The first-order valence-corrected chi connectivity index (χ1v) is 19.0. The van der Waals surface area contributed by atoms with Crippen molar-refractivity contribution in [2.45, 2.75) is 44.3 Å². The van der Waals surface area contributed by atoms with Gasteiger partial charge in [0, 0.05) is 54.9 Å². The Kier molecular flexibility index (Phi) is 10.3. The van der Waals surface area contributed by atoms with Gasteiger partial charge >= 0.3 is 0 Å². The quantitative estimate of drug-likeness (QED) is 0.0562. The van der Waals surface area contributed by atoms with E-state index < -0.39 is 13.6 Å². The second kappa shape index (κ2) is 14.2. The van der Waals surface area contributed by atoms with Crippen LogP contribution in [0.15, 0.2) is 54.6 Å². The summed E-state index contributed by atoms with van der Waals surface area (Å²) in [6.07, 6.45) is 4.94. The van der Waals surface area contributed by atoms with Gasteiger partial charge in [-0.05, 0) is 76.8 Å². The molecule has 1 spiro atoms. The van der Waals surface area contributed by atoms with Crippen LogP contribution >= 0.6 is 0 Å². The van der Waals surface area contributed by atoms with Crippen molar-refractivity contribution in [1.82, 2.24) is 10.2 Å². The van der Waals surface area contributed by atoms with Crippen molar-refractivity contribution < 1.29 is 24.2 Å². The Bertz CT molecular complexity index is 1610. The third-order valence-corrected chi connectivity index (χ3v) is 12.7. The number of fused-ring (bicyclic) bond motifs is 6. The number of anilines is 2. The number of ether oxygens (including phenoxy) is 2. The maximum absolute atomic E-state index is 14.0. The molecule has 5 rings (SSSR count). The van der Waals surface area contributed by atoms with Gasteiger partial charge in [0.1, 0.15) is 13.6 Å². The number of benzene rings is 3. The third-order valence-electron chi connectivity index (χ3n) is 9.19. The lowest BCUT2D eigenvalue weighted by Crippen LogP contribution is -2.66. The zero-order chi connectivity index (χ0) is 32.9. The number of hydrogen-bond donors (Lipinski definition) is 5. The van der Waals surface area contributed by atoms with Crippen LogP contribution in [0.2, 0.25) is 13.1 Å². The molecule has 2 heterocycles. The Morgan fingerprint density at radius 3 is 2.35 bits per heavy atom. The molecule has 10 nitrogen and oxygen atoms in total. The molecule has 0 bridgehead atoms. The summed E-state index contributed by atoms with van der Waals surface area (Å²) in [4.78, 5) is 28.8. The van der Waals surface area contributed by atoms with E-state index in [1.807, 2.05) is 31.3 Å². The van der Waals surface area contributed by atoms with Crippen molar-refractivity contribution in [3.8, 4) is 0 Å². The van der Waals surface area contributed by atoms with E-state index in [0.717, 1.165) is 59.2 Å². The minimum absolute atomic E-state index is 0.234. The van der Waals surface area contributed by atoms with Gasteiger partial charge in [0.25, 0.3) is 11.8 Å². The molecular weight excluding hydrogens is 599 g/mol. The second-order valence-corrected chi connectivity index (χ2v) is 16.7. The van der Waals surface area contributed by atoms with Gasteiger partial charge in [-0.25, -0.2) is 0 Å². The molecule has 0 aromatic heterocycles. The summed E-state index contributed by atoms with van der Waals surface area (Å²) >= 11 is 0. The lowest BCUT2D eigenvalue weighted by atomic mass is 9.76. The summed E-state index contributed by atoms with van der Waals surface area (Å²) in [5.41, 5.74) is 10.2. The number of hydrogen-bond acceptors (Lipinski definition) is 8. The highest BCUT2D eigenvalue weighted by Crippen LogP contribution is 2.50. The number of aliphatic hydroxyl groups is 1. The van der Waals surface area contributed by atoms with Crippen LogP contribution in [0.3, 0.4) is 0 Å². The molecule has 0 aliphatic carbocycles. The number of unbranched alkanes of at least 4 members (excludes halogenated alkanes) is 3. The van der Waals surface area contributed by atoms with Crippen molar-refractivity contribution in [2.24, 2.45) is 0 Å². The fourth-order valence-corrected chi connectivity index (χ4v) is 10.0. The third kappa shape index (κ3) is 5.95. The van der Waals surface area contributed by atoms with Crippen LogP contribution in [-0.4, -0.2) is 82.9 Å². The fraction of sp³-hybridized carbons (Fsp3) is 0.400. The van der Waals surface area contributed by atoms with Gasteiger partial charge in [-0.2, -0.15) is 0 Å². The maximum atomic E-state index is 14.0. The fourth-order valence-electron chi connectivity index (χ4n) is 6.84. The van der Waals surface area contributed by atoms with Crippen molar-refractivity contribution in [3.63, 3.8) is 0 Å². The first-order chi connectivity index (χ1) is 22.2. The van der Waals surface area contributed by atoms with Gasteiger partial charge in [0.15, 0.2) is 0 Å². The molecule has 3 aromatic rings. The molecule has 2 amide bonds. The molecule has 0 unspecified atom stereocenters. The number of carbonyl (C=O) groups excluding carboxylic acids is 2. The molecule has 2 aliphatic rings. The molecule has 46 heavy (non-hydrogen) atoms. The molecule has 11 heteroatoms. The van der Waals surface area contributed by atoms with Crippen LogP contribution in [0.1, 0.15) is 63.1 Å².